The van der Waals surface area contributed by atoms with Crippen molar-refractivity contribution >= 4 is 12.1 Å². The average molecular weight is 149 g/mol. The molecule has 1 N–H and O–H groups in total. The van der Waals surface area contributed by atoms with Crippen molar-refractivity contribution in [2.24, 2.45) is 4.99 Å². The van der Waals surface area contributed by atoms with Crippen molar-refractivity contribution in [3.8, 4) is 5.75 Å². The van der Waals surface area contributed by atoms with Gasteiger partial charge in [0.2, 0.25) is 0 Å². The van der Waals surface area contributed by atoms with Crippen molar-refractivity contribution in [1.29, 1.82) is 0 Å². The molecule has 0 unspecified atom stereocenters. The summed E-state index contributed by atoms with van der Waals surface area (Å²) < 4.78 is 4.95. The predicted molar refractivity (Wildman–Crippen MR) is 41.0 cm³/mol. The molecule has 0 aromatic heterocycles. The largest absolute Gasteiger partial charge is 0.508 e. The molecule has 0 aliphatic carbocycles. The van der Waals surface area contributed by atoms with Gasteiger partial charge in [0.1, 0.15) is 12.4 Å². The molecule has 1 aromatic rings. The number of nitrogens with zero attached hydrogens (tertiary/aromatic N) is 1. The Bertz CT molecular complexity index is 307. The van der Waals surface area contributed by atoms with Crippen LogP contribution in [0.1, 0.15) is 5.56 Å². The van der Waals surface area contributed by atoms with Gasteiger partial charge < -0.3 is 9.84 Å². The fourth-order valence-electron chi connectivity index (χ4n) is 1.03. The van der Waals surface area contributed by atoms with E-state index in [4.69, 9.17) is 9.84 Å². The highest BCUT2D eigenvalue weighted by molar-refractivity contribution is 5.62. The molecule has 0 atom stereocenters. The average Bonchev–Trinajstić information content (AvgIpc) is 2.04. The molecule has 0 saturated carbocycles. The number of hydrogen-bond donors (Lipinski definition) is 1. The standard InChI is InChI=1S/C8H7NO2/c10-7-1-2-8-6(3-7)4-11-5-9-8/h1-3,5,10H,4H2. The summed E-state index contributed by atoms with van der Waals surface area (Å²) in [5.74, 6) is 0.254. The summed E-state index contributed by atoms with van der Waals surface area (Å²) in [4.78, 5) is 3.98. The Labute approximate surface area is 64.0 Å². The number of fused-ring (bicyclic) bond motifs is 1. The molecule has 3 heteroatoms. The van der Waals surface area contributed by atoms with Crippen molar-refractivity contribution in [3.63, 3.8) is 0 Å². The highest BCUT2D eigenvalue weighted by atomic mass is 16.5. The van der Waals surface area contributed by atoms with Gasteiger partial charge in [-0.3, -0.25) is 0 Å². The minimum absolute atomic E-state index is 0.254. The first-order valence-electron chi connectivity index (χ1n) is 3.32. The van der Waals surface area contributed by atoms with Crippen LogP contribution in [0.5, 0.6) is 5.75 Å². The van der Waals surface area contributed by atoms with Crippen LogP contribution in [0.25, 0.3) is 0 Å². The highest BCUT2D eigenvalue weighted by Crippen LogP contribution is 2.26. The zero-order chi connectivity index (χ0) is 7.68. The molecule has 3 nitrogen and oxygen atoms in total. The number of ether oxygens (including phenoxy) is 1. The molecule has 0 bridgehead atoms. The van der Waals surface area contributed by atoms with Gasteiger partial charge >= 0.3 is 0 Å². The minimum Gasteiger partial charge on any atom is -0.508 e. The summed E-state index contributed by atoms with van der Waals surface area (Å²) in [6.07, 6.45) is 1.42. The molecular weight excluding hydrogens is 142 g/mol. The van der Waals surface area contributed by atoms with E-state index in [-0.39, 0.29) is 5.75 Å². The first-order valence-corrected chi connectivity index (χ1v) is 3.32. The first-order chi connectivity index (χ1) is 5.36. The molecular formula is C8H7NO2. The smallest absolute Gasteiger partial charge is 0.175 e. The van der Waals surface area contributed by atoms with Gasteiger partial charge in [-0.25, -0.2) is 4.99 Å². The van der Waals surface area contributed by atoms with E-state index in [9.17, 15) is 0 Å². The zero-order valence-corrected chi connectivity index (χ0v) is 5.82. The molecule has 2 rings (SSSR count). The van der Waals surface area contributed by atoms with Crippen LogP contribution >= 0.6 is 0 Å². The number of rotatable bonds is 0. The van der Waals surface area contributed by atoms with Crippen LogP contribution in [0.4, 0.5) is 5.69 Å². The van der Waals surface area contributed by atoms with E-state index in [0.717, 1.165) is 11.3 Å². The highest BCUT2D eigenvalue weighted by Gasteiger charge is 2.05. The van der Waals surface area contributed by atoms with E-state index in [1.54, 1.807) is 18.2 Å². The summed E-state index contributed by atoms with van der Waals surface area (Å²) in [6.45, 7) is 0.493. The molecule has 1 aromatic carbocycles. The maximum atomic E-state index is 9.08. The molecule has 11 heavy (non-hydrogen) atoms. The lowest BCUT2D eigenvalue weighted by Gasteiger charge is -2.09. The second-order valence-electron chi connectivity index (χ2n) is 2.36. The van der Waals surface area contributed by atoms with Crippen molar-refractivity contribution in [1.82, 2.24) is 0 Å². The van der Waals surface area contributed by atoms with Crippen LogP contribution in [-0.4, -0.2) is 11.5 Å². The third-order valence-corrected chi connectivity index (χ3v) is 1.57. The van der Waals surface area contributed by atoms with Crippen molar-refractivity contribution in [2.45, 2.75) is 6.61 Å². The van der Waals surface area contributed by atoms with E-state index in [1.165, 1.54) is 6.40 Å². The molecule has 0 spiro atoms. The fraction of sp³-hybridized carbons (Fsp3) is 0.125. The number of phenolic OH excluding ortho intramolecular Hbond substituents is 1. The summed E-state index contributed by atoms with van der Waals surface area (Å²) in [7, 11) is 0. The monoisotopic (exact) mass is 149 g/mol. The van der Waals surface area contributed by atoms with Gasteiger partial charge in [-0.05, 0) is 18.2 Å². The third-order valence-electron chi connectivity index (χ3n) is 1.57. The molecule has 56 valence electrons. The SMILES string of the molecule is Oc1ccc2c(c1)COC=N2. The second kappa shape index (κ2) is 2.27. The topological polar surface area (TPSA) is 41.8 Å². The number of phenols is 1. The number of benzene rings is 1. The van der Waals surface area contributed by atoms with Crippen LogP contribution in [0.3, 0.4) is 0 Å². The Kier molecular flexibility index (Phi) is 1.28. The van der Waals surface area contributed by atoms with Gasteiger partial charge in [-0.15, -0.1) is 0 Å². The fourth-order valence-corrected chi connectivity index (χ4v) is 1.03. The molecule has 0 radical (unpaired) electrons. The lowest BCUT2D eigenvalue weighted by molar-refractivity contribution is 0.302. The van der Waals surface area contributed by atoms with Gasteiger partial charge in [-0.1, -0.05) is 0 Å². The lowest BCUT2D eigenvalue weighted by atomic mass is 10.2. The Morgan fingerprint density at radius 1 is 1.45 bits per heavy atom. The number of hydrogen-bond acceptors (Lipinski definition) is 3. The van der Waals surface area contributed by atoms with Crippen LogP contribution in [0.15, 0.2) is 23.2 Å². The quantitative estimate of drug-likeness (QED) is 0.608. The van der Waals surface area contributed by atoms with E-state index in [1.807, 2.05) is 0 Å². The van der Waals surface area contributed by atoms with Gasteiger partial charge in [-0.2, -0.15) is 0 Å². The van der Waals surface area contributed by atoms with Crippen LogP contribution in [0.2, 0.25) is 0 Å². The summed E-state index contributed by atoms with van der Waals surface area (Å²) in [5, 5.41) is 9.08. The Balaban J connectivity index is 2.53. The second-order valence-corrected chi connectivity index (χ2v) is 2.36. The van der Waals surface area contributed by atoms with Crippen molar-refractivity contribution in [2.75, 3.05) is 0 Å². The number of aliphatic imine (C=N–C) groups is 1. The normalized spacial score (nSPS) is 13.8. The third kappa shape index (κ3) is 1.05. The molecule has 1 aliphatic heterocycles. The van der Waals surface area contributed by atoms with E-state index in [0.29, 0.717) is 6.61 Å². The van der Waals surface area contributed by atoms with Crippen LogP contribution in [-0.2, 0) is 11.3 Å². The summed E-state index contributed by atoms with van der Waals surface area (Å²) in [6, 6.07) is 5.04. The predicted octanol–water partition coefficient (Wildman–Crippen LogP) is 1.58. The Hall–Kier alpha value is -1.51. The van der Waals surface area contributed by atoms with Crippen LogP contribution in [0, 0.1) is 0 Å². The zero-order valence-electron chi connectivity index (χ0n) is 5.82. The minimum atomic E-state index is 0.254. The molecule has 0 fully saturated rings. The molecule has 1 heterocycles. The van der Waals surface area contributed by atoms with Crippen LogP contribution < -0.4 is 0 Å². The maximum absolute atomic E-state index is 9.08. The molecule has 1 aliphatic rings. The Morgan fingerprint density at radius 2 is 2.36 bits per heavy atom. The molecule has 0 saturated heterocycles. The molecule has 0 amide bonds. The van der Waals surface area contributed by atoms with Gasteiger partial charge in [0.25, 0.3) is 0 Å². The summed E-state index contributed by atoms with van der Waals surface area (Å²) >= 11 is 0. The van der Waals surface area contributed by atoms with Crippen molar-refractivity contribution in [3.05, 3.63) is 23.8 Å². The van der Waals surface area contributed by atoms with E-state index < -0.39 is 0 Å². The van der Waals surface area contributed by atoms with Gasteiger partial charge in [0.15, 0.2) is 6.40 Å². The first kappa shape index (κ1) is 6.22. The number of aromatic hydroxyl groups is 1. The maximum Gasteiger partial charge on any atom is 0.175 e. The lowest BCUT2D eigenvalue weighted by Crippen LogP contribution is -1.95. The van der Waals surface area contributed by atoms with Crippen molar-refractivity contribution < 1.29 is 9.84 Å². The summed E-state index contributed by atoms with van der Waals surface area (Å²) in [5.41, 5.74) is 1.79. The van der Waals surface area contributed by atoms with Gasteiger partial charge in [0.05, 0.1) is 5.69 Å². The van der Waals surface area contributed by atoms with E-state index in [2.05, 4.69) is 4.99 Å². The Morgan fingerprint density at radius 3 is 3.27 bits per heavy atom. The van der Waals surface area contributed by atoms with Gasteiger partial charge in [0, 0.05) is 5.56 Å². The van der Waals surface area contributed by atoms with E-state index >= 15 is 0 Å².